The number of aryl methyl sites for hydroxylation is 2. The van der Waals surface area contributed by atoms with Crippen molar-refractivity contribution in [2.45, 2.75) is 77.7 Å². The Morgan fingerprint density at radius 2 is 1.04 bits per heavy atom. The third-order valence-electron chi connectivity index (χ3n) is 3.93. The molecule has 0 nitrogen and oxygen atoms in total. The molecule has 0 bridgehead atoms. The van der Waals surface area contributed by atoms with Crippen molar-refractivity contribution in [1.82, 2.24) is 0 Å². The molecule has 2 aromatic carbocycles. The van der Waals surface area contributed by atoms with Gasteiger partial charge in [0.1, 0.15) is 0 Å². The second kappa shape index (κ2) is 11.6. The van der Waals surface area contributed by atoms with E-state index in [9.17, 15) is 0 Å². The molecular formula is C22H36Cl2GeHf-2. The van der Waals surface area contributed by atoms with E-state index in [0.29, 0.717) is 10.8 Å². The van der Waals surface area contributed by atoms with Crippen LogP contribution in [0.3, 0.4) is 0 Å². The average molecular weight is 623 g/mol. The summed E-state index contributed by atoms with van der Waals surface area (Å²) in [6.45, 7) is 17.7. The van der Waals surface area contributed by atoms with E-state index in [1.807, 2.05) is 0 Å². The average Bonchev–Trinajstić information content (AvgIpc) is 3.07. The minimum absolute atomic E-state index is 0.314. The summed E-state index contributed by atoms with van der Waals surface area (Å²) in [6.07, 6.45) is 0. The Bertz CT molecular complexity index is 626. The van der Waals surface area contributed by atoms with E-state index in [4.69, 9.17) is 17.2 Å². The summed E-state index contributed by atoms with van der Waals surface area (Å²) in [5.74, 6) is 4.48. The number of halogens is 2. The Balaban J connectivity index is 0.000000375. The Kier molecular flexibility index (Phi) is 11.9. The molecule has 0 aliphatic carbocycles. The van der Waals surface area contributed by atoms with Crippen molar-refractivity contribution in [2.75, 3.05) is 0 Å². The second-order valence-corrected chi connectivity index (χ2v) is 61.1. The topological polar surface area (TPSA) is 0 Å². The van der Waals surface area contributed by atoms with Gasteiger partial charge >= 0.3 is 54.7 Å². The quantitative estimate of drug-likeness (QED) is 0.205. The number of hydrogen-bond acceptors (Lipinski definition) is 0. The number of hydrogen-bond donors (Lipinski definition) is 0. The van der Waals surface area contributed by atoms with E-state index < -0.39 is 26.0 Å². The molecule has 148 valence electrons. The van der Waals surface area contributed by atoms with Crippen LogP contribution in [0.4, 0.5) is 0 Å². The molecule has 2 rings (SSSR count). The molecule has 0 saturated carbocycles. The summed E-state index contributed by atoms with van der Waals surface area (Å²) in [5.41, 5.74) is 6.23. The predicted octanol–water partition coefficient (Wildman–Crippen LogP) is 8.19. The van der Waals surface area contributed by atoms with Crippen LogP contribution in [0.1, 0.15) is 63.8 Å². The van der Waals surface area contributed by atoms with Gasteiger partial charge in [-0.2, -0.15) is 46.5 Å². The van der Waals surface area contributed by atoms with Crippen LogP contribution in [0.5, 0.6) is 0 Å². The summed E-state index contributed by atoms with van der Waals surface area (Å²) in [5, 5.41) is 0. The normalized spacial score (nSPS) is 11.1. The van der Waals surface area contributed by atoms with E-state index in [1.54, 1.807) is 0 Å². The van der Waals surface area contributed by atoms with Crippen molar-refractivity contribution in [3.63, 3.8) is 0 Å². The Morgan fingerprint density at radius 3 is 1.12 bits per heavy atom. The van der Waals surface area contributed by atoms with Gasteiger partial charge in [0.25, 0.3) is 0 Å². The molecule has 0 saturated heterocycles. The molecule has 0 N–H and O–H groups in total. The van der Waals surface area contributed by atoms with Crippen LogP contribution in [-0.4, -0.2) is 10.1 Å². The third-order valence-corrected chi connectivity index (χ3v) is 51.8. The first-order valence-electron chi connectivity index (χ1n) is 9.10. The fourth-order valence-corrected chi connectivity index (χ4v) is 2.06. The summed E-state index contributed by atoms with van der Waals surface area (Å²) in [7, 11) is 10.6. The monoisotopic (exact) mass is 624 g/mol. The van der Waals surface area contributed by atoms with E-state index in [2.05, 4.69) is 103 Å². The molecule has 0 aliphatic heterocycles. The molecule has 0 heterocycles. The molecule has 0 aliphatic rings. The molecule has 4 heteroatoms. The number of rotatable bonds is 0. The van der Waals surface area contributed by atoms with Gasteiger partial charge in [-0.3, -0.25) is 0 Å². The fraction of sp³-hybridized carbons (Fsp3) is 0.545. The van der Waals surface area contributed by atoms with Gasteiger partial charge in [-0.05, 0) is 0 Å². The molecule has 2 aromatic rings. The summed E-state index contributed by atoms with van der Waals surface area (Å²) in [6, 6.07) is 13.2. The van der Waals surface area contributed by atoms with Gasteiger partial charge in [-0.1, -0.05) is 66.2 Å². The van der Waals surface area contributed by atoms with Crippen molar-refractivity contribution < 1.29 is 16.0 Å². The minimum atomic E-state index is -1.72. The molecule has 0 unspecified atom stereocenters. The fourth-order valence-electron chi connectivity index (χ4n) is 2.06. The van der Waals surface area contributed by atoms with E-state index in [0.717, 1.165) is 0 Å². The first-order chi connectivity index (χ1) is 11.6. The van der Waals surface area contributed by atoms with Gasteiger partial charge in [0.15, 0.2) is 0 Å². The Hall–Kier alpha value is 0.693. The van der Waals surface area contributed by atoms with Crippen molar-refractivity contribution in [3.8, 4) is 0 Å². The molecular weight excluding hydrogens is 586 g/mol. The third kappa shape index (κ3) is 11.5. The van der Waals surface area contributed by atoms with Crippen LogP contribution in [-0.2, 0) is 26.8 Å². The summed E-state index contributed by atoms with van der Waals surface area (Å²) >= 11 is -1.72. The van der Waals surface area contributed by atoms with Crippen molar-refractivity contribution >= 4 is 27.2 Å². The standard InChI is InChI=1S/2C10H15.C2H6Ge.2ClH.Hf/c2*1-8-5-6-9(7-8)10(2,3)4;1-3-2;;;/h2*5-7H,1-4H3;1-2H3;2*1H;/q2*-1;;;;+2/p-2. The van der Waals surface area contributed by atoms with Crippen LogP contribution >= 0.6 is 17.2 Å². The molecule has 0 amide bonds. The summed E-state index contributed by atoms with van der Waals surface area (Å²) in [4.78, 5) is 0. The molecule has 0 atom stereocenters. The molecule has 0 aromatic heterocycles. The zero-order valence-electron chi connectivity index (χ0n) is 18.2. The zero-order chi connectivity index (χ0) is 20.7. The van der Waals surface area contributed by atoms with E-state index in [1.165, 1.54) is 22.3 Å². The zero-order valence-corrected chi connectivity index (χ0v) is 25.4. The van der Waals surface area contributed by atoms with Crippen molar-refractivity contribution in [2.24, 2.45) is 0 Å². The van der Waals surface area contributed by atoms with Crippen molar-refractivity contribution in [1.29, 1.82) is 0 Å². The van der Waals surface area contributed by atoms with Crippen LogP contribution in [0.15, 0.2) is 36.4 Å². The van der Waals surface area contributed by atoms with Gasteiger partial charge in [0.2, 0.25) is 0 Å². The summed E-state index contributed by atoms with van der Waals surface area (Å²) < 4.78 is 0. The van der Waals surface area contributed by atoms with Gasteiger partial charge < -0.3 is 0 Å². The van der Waals surface area contributed by atoms with Gasteiger partial charge in [-0.25, -0.2) is 12.1 Å². The van der Waals surface area contributed by atoms with Crippen LogP contribution in [0.25, 0.3) is 0 Å². The first-order valence-corrected chi connectivity index (χ1v) is 32.6. The van der Waals surface area contributed by atoms with Crippen LogP contribution in [0, 0.1) is 13.8 Å². The maximum absolute atomic E-state index is 5.67. The molecule has 0 fully saturated rings. The maximum atomic E-state index is 5.67. The van der Waals surface area contributed by atoms with Crippen LogP contribution < -0.4 is 0 Å². The molecule has 26 heavy (non-hydrogen) atoms. The molecule has 0 spiro atoms. The van der Waals surface area contributed by atoms with Crippen LogP contribution in [0.2, 0.25) is 11.5 Å². The van der Waals surface area contributed by atoms with Gasteiger partial charge in [-0.15, -0.1) is 0 Å². The van der Waals surface area contributed by atoms with E-state index in [-0.39, 0.29) is 0 Å². The van der Waals surface area contributed by atoms with E-state index >= 15 is 0 Å². The SMILES string of the molecule is Cc1cc(C(C)(C)C)c[cH-]1.Cc1cc(C(C)(C)C)c[cH-]1.[CH3][Ge]([CH3])=[Hf]([Cl])[Cl]. The van der Waals surface area contributed by atoms with Gasteiger partial charge in [0, 0.05) is 0 Å². The Labute approximate surface area is 178 Å². The van der Waals surface area contributed by atoms with Crippen molar-refractivity contribution in [3.05, 3.63) is 58.7 Å². The Morgan fingerprint density at radius 1 is 0.769 bits per heavy atom. The predicted molar refractivity (Wildman–Crippen MR) is 120 cm³/mol. The first kappa shape index (κ1) is 26.7. The second-order valence-electron chi connectivity index (χ2n) is 9.11. The molecule has 0 radical (unpaired) electrons. The van der Waals surface area contributed by atoms with Gasteiger partial charge in [0.05, 0.1) is 0 Å².